The molecule has 1 N–H and O–H groups in total. The topological polar surface area (TPSA) is 24.4 Å². The van der Waals surface area contributed by atoms with E-state index in [0.717, 1.165) is 23.0 Å². The van der Waals surface area contributed by atoms with Crippen LogP contribution >= 0.6 is 35.0 Å². The summed E-state index contributed by atoms with van der Waals surface area (Å²) in [4.78, 5) is 4.72. The lowest BCUT2D eigenvalue weighted by Crippen LogP contribution is -2.08. The molecule has 3 rings (SSSR count). The molecule has 0 aliphatic carbocycles. The number of nitrogens with zero attached hydrogens (tertiary/aromatic N) is 1. The van der Waals surface area contributed by atoms with E-state index in [9.17, 15) is 0 Å². The molecule has 0 amide bonds. The van der Waals surface area contributed by atoms with Gasteiger partial charge in [0.05, 0.1) is 16.8 Å². The van der Waals surface area contributed by atoms with E-state index in [4.69, 9.17) is 28.2 Å². The molecular weight excluding hydrogens is 323 g/mol. The third-order valence-electron chi connectivity index (χ3n) is 3.20. The standard InChI is InChI=1S/C16H14Cl2N2S/c17-12-6-7-14(18)15(9-12)20-16-19-13(10-21-16)8-11-4-2-1-3-5-11/h1-7,9,13H,8,10H2,(H,19,20). The summed E-state index contributed by atoms with van der Waals surface area (Å²) in [5, 5.41) is 5.47. The van der Waals surface area contributed by atoms with Crippen molar-refractivity contribution in [3.8, 4) is 0 Å². The molecule has 1 unspecified atom stereocenters. The van der Waals surface area contributed by atoms with Crippen molar-refractivity contribution >= 4 is 45.8 Å². The lowest BCUT2D eigenvalue weighted by molar-refractivity contribution is 0.762. The third-order valence-corrected chi connectivity index (χ3v) is 4.79. The van der Waals surface area contributed by atoms with Gasteiger partial charge >= 0.3 is 0 Å². The zero-order valence-electron chi connectivity index (χ0n) is 11.2. The van der Waals surface area contributed by atoms with Gasteiger partial charge in [0.2, 0.25) is 0 Å². The second kappa shape index (κ2) is 6.73. The van der Waals surface area contributed by atoms with E-state index in [1.165, 1.54) is 5.56 Å². The Balaban J connectivity index is 1.67. The second-order valence-corrected chi connectivity index (χ2v) is 6.69. The summed E-state index contributed by atoms with van der Waals surface area (Å²) >= 11 is 13.9. The van der Waals surface area contributed by atoms with E-state index in [1.54, 1.807) is 23.9 Å². The lowest BCUT2D eigenvalue weighted by Gasteiger charge is -2.07. The molecule has 0 spiro atoms. The van der Waals surface area contributed by atoms with Gasteiger partial charge in [-0.1, -0.05) is 65.3 Å². The number of thioether (sulfide) groups is 1. The van der Waals surface area contributed by atoms with Crippen LogP contribution in [0.15, 0.2) is 53.5 Å². The van der Waals surface area contributed by atoms with Gasteiger partial charge in [-0.25, -0.2) is 0 Å². The number of amidine groups is 1. The molecule has 0 saturated carbocycles. The summed E-state index contributed by atoms with van der Waals surface area (Å²) in [5.74, 6) is 0.982. The zero-order valence-corrected chi connectivity index (χ0v) is 13.6. The summed E-state index contributed by atoms with van der Waals surface area (Å²) < 4.78 is 0. The average molecular weight is 337 g/mol. The van der Waals surface area contributed by atoms with Crippen molar-refractivity contribution < 1.29 is 0 Å². The minimum absolute atomic E-state index is 0.304. The first-order chi connectivity index (χ1) is 10.2. The molecule has 2 aromatic carbocycles. The highest BCUT2D eigenvalue weighted by Crippen LogP contribution is 2.28. The van der Waals surface area contributed by atoms with Crippen LogP contribution in [-0.2, 0) is 6.42 Å². The molecule has 0 radical (unpaired) electrons. The first-order valence-corrected chi connectivity index (χ1v) is 8.41. The van der Waals surface area contributed by atoms with E-state index < -0.39 is 0 Å². The number of aliphatic imine (C=N–C) groups is 1. The molecule has 21 heavy (non-hydrogen) atoms. The van der Waals surface area contributed by atoms with E-state index in [0.29, 0.717) is 16.1 Å². The molecule has 2 nitrogen and oxygen atoms in total. The van der Waals surface area contributed by atoms with Crippen LogP contribution in [0, 0.1) is 0 Å². The highest BCUT2D eigenvalue weighted by molar-refractivity contribution is 8.14. The maximum Gasteiger partial charge on any atom is 0.161 e. The van der Waals surface area contributed by atoms with E-state index in [2.05, 4.69) is 29.6 Å². The number of nitrogens with one attached hydrogen (secondary N) is 1. The molecule has 0 fully saturated rings. The van der Waals surface area contributed by atoms with E-state index in [1.807, 2.05) is 12.1 Å². The van der Waals surface area contributed by atoms with Gasteiger partial charge in [-0.2, -0.15) is 0 Å². The zero-order chi connectivity index (χ0) is 14.7. The summed E-state index contributed by atoms with van der Waals surface area (Å²) in [7, 11) is 0. The van der Waals surface area contributed by atoms with E-state index >= 15 is 0 Å². The van der Waals surface area contributed by atoms with Crippen molar-refractivity contribution in [2.75, 3.05) is 11.1 Å². The number of hydrogen-bond acceptors (Lipinski definition) is 3. The first-order valence-electron chi connectivity index (χ1n) is 6.67. The fourth-order valence-corrected chi connectivity index (χ4v) is 3.47. The van der Waals surface area contributed by atoms with Gasteiger partial charge in [-0.3, -0.25) is 4.99 Å². The Morgan fingerprint density at radius 3 is 2.76 bits per heavy atom. The monoisotopic (exact) mass is 336 g/mol. The van der Waals surface area contributed by atoms with Crippen LogP contribution in [0.4, 0.5) is 5.69 Å². The summed E-state index contributed by atoms with van der Waals surface area (Å²) in [5.41, 5.74) is 2.12. The molecule has 1 atom stereocenters. The summed E-state index contributed by atoms with van der Waals surface area (Å²) in [6.45, 7) is 0. The van der Waals surface area contributed by atoms with Gasteiger partial charge in [0.25, 0.3) is 0 Å². The molecule has 1 heterocycles. The fraction of sp³-hybridized carbons (Fsp3) is 0.188. The minimum Gasteiger partial charge on any atom is -0.334 e. The SMILES string of the molecule is Clc1ccc(Cl)c(NC2=NC(Cc3ccccc3)CS2)c1. The van der Waals surface area contributed by atoms with Crippen molar-refractivity contribution in [3.05, 3.63) is 64.1 Å². The number of anilines is 1. The van der Waals surface area contributed by atoms with Crippen LogP contribution in [0.25, 0.3) is 0 Å². The molecule has 0 aromatic heterocycles. The Morgan fingerprint density at radius 1 is 1.14 bits per heavy atom. The van der Waals surface area contributed by atoms with Gasteiger partial charge in [0, 0.05) is 10.8 Å². The predicted octanol–water partition coefficient (Wildman–Crippen LogP) is 5.12. The van der Waals surface area contributed by atoms with Gasteiger partial charge in [0.1, 0.15) is 0 Å². The lowest BCUT2D eigenvalue weighted by atomic mass is 10.1. The number of benzene rings is 2. The number of hydrogen-bond donors (Lipinski definition) is 1. The van der Waals surface area contributed by atoms with E-state index in [-0.39, 0.29) is 0 Å². The van der Waals surface area contributed by atoms with Gasteiger partial charge in [-0.05, 0) is 30.2 Å². The highest BCUT2D eigenvalue weighted by atomic mass is 35.5. The number of halogens is 2. The minimum atomic E-state index is 0.304. The van der Waals surface area contributed by atoms with Crippen LogP contribution in [0.1, 0.15) is 5.56 Å². The molecule has 0 saturated heterocycles. The Bertz CT molecular complexity index is 659. The second-order valence-electron chi connectivity index (χ2n) is 4.84. The van der Waals surface area contributed by atoms with Gasteiger partial charge in [0.15, 0.2) is 5.17 Å². The smallest absolute Gasteiger partial charge is 0.161 e. The molecule has 1 aliphatic rings. The Morgan fingerprint density at radius 2 is 1.95 bits per heavy atom. The van der Waals surface area contributed by atoms with Crippen molar-refractivity contribution in [2.24, 2.45) is 4.99 Å². The maximum absolute atomic E-state index is 6.16. The Kier molecular flexibility index (Phi) is 4.73. The average Bonchev–Trinajstić information content (AvgIpc) is 2.91. The van der Waals surface area contributed by atoms with Crippen molar-refractivity contribution in [1.82, 2.24) is 0 Å². The van der Waals surface area contributed by atoms with Gasteiger partial charge in [-0.15, -0.1) is 0 Å². The quantitative estimate of drug-likeness (QED) is 0.841. The summed E-state index contributed by atoms with van der Waals surface area (Å²) in [6.07, 6.45) is 0.961. The fourth-order valence-electron chi connectivity index (χ4n) is 2.18. The normalized spacial score (nSPS) is 17.6. The largest absolute Gasteiger partial charge is 0.334 e. The molecule has 0 bridgehead atoms. The molecule has 5 heteroatoms. The molecule has 2 aromatic rings. The third kappa shape index (κ3) is 3.94. The predicted molar refractivity (Wildman–Crippen MR) is 93.9 cm³/mol. The maximum atomic E-state index is 6.16. The number of rotatable bonds is 3. The van der Waals surface area contributed by atoms with Crippen LogP contribution in [-0.4, -0.2) is 17.0 Å². The Hall–Kier alpha value is -1.16. The summed E-state index contributed by atoms with van der Waals surface area (Å²) in [6, 6.07) is 16.1. The molecular formula is C16H14Cl2N2S. The van der Waals surface area contributed by atoms with Crippen molar-refractivity contribution in [2.45, 2.75) is 12.5 Å². The Labute approximate surface area is 138 Å². The van der Waals surface area contributed by atoms with Crippen molar-refractivity contribution in [3.63, 3.8) is 0 Å². The van der Waals surface area contributed by atoms with Gasteiger partial charge < -0.3 is 5.32 Å². The van der Waals surface area contributed by atoms with Crippen LogP contribution in [0.2, 0.25) is 10.0 Å². The van der Waals surface area contributed by atoms with Crippen LogP contribution < -0.4 is 5.32 Å². The van der Waals surface area contributed by atoms with Crippen molar-refractivity contribution in [1.29, 1.82) is 0 Å². The molecule has 108 valence electrons. The molecule has 1 aliphatic heterocycles. The first kappa shape index (κ1) is 14.8. The van der Waals surface area contributed by atoms with Crippen LogP contribution in [0.5, 0.6) is 0 Å². The highest BCUT2D eigenvalue weighted by Gasteiger charge is 2.19. The van der Waals surface area contributed by atoms with Crippen LogP contribution in [0.3, 0.4) is 0 Å².